The van der Waals surface area contributed by atoms with E-state index in [9.17, 15) is 0 Å². The number of halogens is 2. The fraction of sp³-hybridized carbons (Fsp3) is 0.0909. The normalized spacial score (nSPS) is 10.2. The number of hydrogen-bond donors (Lipinski definition) is 1. The predicted molar refractivity (Wildman–Crippen MR) is 74.9 cm³/mol. The van der Waals surface area contributed by atoms with Gasteiger partial charge in [0.15, 0.2) is 0 Å². The molecule has 0 bridgehead atoms. The number of methoxy groups -OCH3 is 1. The minimum Gasteiger partial charge on any atom is -0.480 e. The van der Waals surface area contributed by atoms with Crippen molar-refractivity contribution >= 4 is 37.5 Å². The highest BCUT2D eigenvalue weighted by atomic mass is 79.9. The lowest BCUT2D eigenvalue weighted by molar-refractivity contribution is 0.373. The highest BCUT2D eigenvalue weighted by Crippen LogP contribution is 2.31. The highest BCUT2D eigenvalue weighted by Gasteiger charge is 2.09. The zero-order chi connectivity index (χ0) is 13.1. The molecule has 2 N–H and O–H groups in total. The summed E-state index contributed by atoms with van der Waals surface area (Å²) in [6.07, 6.45) is 1.56. The van der Waals surface area contributed by atoms with Crippen LogP contribution in [0.3, 0.4) is 0 Å². The summed E-state index contributed by atoms with van der Waals surface area (Å²) < 4.78 is 12.0. The molecule has 2 rings (SSSR count). The second-order valence-electron chi connectivity index (χ2n) is 3.30. The molecule has 0 radical (unpaired) electrons. The Kier molecular flexibility index (Phi) is 4.03. The predicted octanol–water partition coefficient (Wildman–Crippen LogP) is 3.38. The first-order valence-corrected chi connectivity index (χ1v) is 6.48. The maximum atomic E-state index is 5.69. The zero-order valence-corrected chi connectivity index (χ0v) is 12.5. The first-order chi connectivity index (χ1) is 8.60. The van der Waals surface area contributed by atoms with Crippen LogP contribution in [-0.2, 0) is 0 Å². The van der Waals surface area contributed by atoms with Gasteiger partial charge in [0.2, 0.25) is 5.88 Å². The van der Waals surface area contributed by atoms with Gasteiger partial charge < -0.3 is 15.2 Å². The molecule has 5 nitrogen and oxygen atoms in total. The van der Waals surface area contributed by atoms with Crippen LogP contribution in [-0.4, -0.2) is 17.1 Å². The Labute approximate surface area is 121 Å². The monoisotopic (exact) mass is 373 g/mol. The van der Waals surface area contributed by atoms with Crippen LogP contribution in [0.15, 0.2) is 33.3 Å². The molecule has 0 spiro atoms. The number of rotatable bonds is 3. The first-order valence-electron chi connectivity index (χ1n) is 4.89. The van der Waals surface area contributed by atoms with E-state index in [0.29, 0.717) is 21.8 Å². The molecule has 0 unspecified atom stereocenters. The number of nitrogens with two attached hydrogens (primary N) is 1. The molecule has 18 heavy (non-hydrogen) atoms. The molecule has 0 aliphatic carbocycles. The largest absolute Gasteiger partial charge is 0.480 e. The molecule has 1 aromatic heterocycles. The van der Waals surface area contributed by atoms with Gasteiger partial charge in [0.25, 0.3) is 0 Å². The van der Waals surface area contributed by atoms with Gasteiger partial charge in [-0.05, 0) is 44.0 Å². The number of benzene rings is 1. The number of nitrogens with zero attached hydrogens (tertiary/aromatic N) is 2. The van der Waals surface area contributed by atoms with Crippen molar-refractivity contribution in [3.05, 3.63) is 33.3 Å². The molecule has 1 heterocycles. The Bertz CT molecular complexity index is 578. The number of aromatic nitrogens is 2. The van der Waals surface area contributed by atoms with Gasteiger partial charge >= 0.3 is 6.01 Å². The van der Waals surface area contributed by atoms with E-state index >= 15 is 0 Å². The lowest BCUT2D eigenvalue weighted by Crippen LogP contribution is -1.96. The van der Waals surface area contributed by atoms with Crippen LogP contribution in [0.25, 0.3) is 0 Å². The number of ether oxygens (including phenoxy) is 2. The molecule has 0 saturated heterocycles. The molecular weight excluding hydrogens is 366 g/mol. The van der Waals surface area contributed by atoms with E-state index in [2.05, 4.69) is 41.8 Å². The van der Waals surface area contributed by atoms with Gasteiger partial charge in [0.1, 0.15) is 5.75 Å². The van der Waals surface area contributed by atoms with Crippen molar-refractivity contribution in [3.63, 3.8) is 0 Å². The Morgan fingerprint density at radius 1 is 1.22 bits per heavy atom. The Hall–Kier alpha value is -1.34. The van der Waals surface area contributed by atoms with Crippen molar-refractivity contribution < 1.29 is 9.47 Å². The topological polar surface area (TPSA) is 70.3 Å². The highest BCUT2D eigenvalue weighted by molar-refractivity contribution is 9.10. The minimum absolute atomic E-state index is 0.182. The maximum absolute atomic E-state index is 5.69. The summed E-state index contributed by atoms with van der Waals surface area (Å²) >= 11 is 6.63. The minimum atomic E-state index is 0.182. The molecule has 0 aliphatic rings. The average molecular weight is 375 g/mol. The molecule has 0 atom stereocenters. The first kappa shape index (κ1) is 13.1. The van der Waals surface area contributed by atoms with E-state index in [-0.39, 0.29) is 6.01 Å². The van der Waals surface area contributed by atoms with Crippen molar-refractivity contribution in [2.75, 3.05) is 12.8 Å². The average Bonchev–Trinajstić information content (AvgIpc) is 2.36. The molecule has 0 amide bonds. The quantitative estimate of drug-likeness (QED) is 0.834. The van der Waals surface area contributed by atoms with Crippen molar-refractivity contribution in [3.8, 4) is 17.6 Å². The van der Waals surface area contributed by atoms with E-state index in [4.69, 9.17) is 15.2 Å². The summed E-state index contributed by atoms with van der Waals surface area (Å²) in [6.45, 7) is 0. The third kappa shape index (κ3) is 2.91. The van der Waals surface area contributed by atoms with Crippen LogP contribution in [0.5, 0.6) is 17.6 Å². The molecule has 0 fully saturated rings. The standard InChI is InChI=1S/C11H9Br2N3O2/c1-17-10-8(13)5-15-11(16-10)18-9-4-6(14)2-3-7(9)12/h2-5H,14H2,1H3. The molecular formula is C11H9Br2N3O2. The Balaban J connectivity index is 2.31. The molecule has 2 aromatic rings. The van der Waals surface area contributed by atoms with Gasteiger partial charge in [-0.3, -0.25) is 0 Å². The van der Waals surface area contributed by atoms with Gasteiger partial charge in [0.05, 0.1) is 22.3 Å². The van der Waals surface area contributed by atoms with E-state index in [1.807, 2.05) is 0 Å². The van der Waals surface area contributed by atoms with E-state index < -0.39 is 0 Å². The van der Waals surface area contributed by atoms with Crippen LogP contribution in [0, 0.1) is 0 Å². The van der Waals surface area contributed by atoms with E-state index in [1.54, 1.807) is 24.4 Å². The number of nitrogen functional groups attached to an aromatic ring is 1. The summed E-state index contributed by atoms with van der Waals surface area (Å²) in [5.74, 6) is 0.944. The Morgan fingerprint density at radius 3 is 2.72 bits per heavy atom. The second-order valence-corrected chi connectivity index (χ2v) is 5.01. The van der Waals surface area contributed by atoms with Crippen LogP contribution in [0.4, 0.5) is 5.69 Å². The second kappa shape index (κ2) is 5.53. The van der Waals surface area contributed by atoms with Crippen LogP contribution >= 0.6 is 31.9 Å². The van der Waals surface area contributed by atoms with Crippen LogP contribution in [0.1, 0.15) is 0 Å². The molecule has 94 valence electrons. The summed E-state index contributed by atoms with van der Waals surface area (Å²) in [7, 11) is 1.52. The summed E-state index contributed by atoms with van der Waals surface area (Å²) in [4.78, 5) is 8.12. The molecule has 1 aromatic carbocycles. The molecule has 0 saturated carbocycles. The van der Waals surface area contributed by atoms with E-state index in [1.165, 1.54) is 7.11 Å². The lowest BCUT2D eigenvalue weighted by Gasteiger charge is -2.08. The zero-order valence-electron chi connectivity index (χ0n) is 9.35. The SMILES string of the molecule is COc1nc(Oc2cc(N)ccc2Br)ncc1Br. The molecule has 0 aliphatic heterocycles. The molecule has 7 heteroatoms. The van der Waals surface area contributed by atoms with Crippen LogP contribution in [0.2, 0.25) is 0 Å². The summed E-state index contributed by atoms with van der Waals surface area (Å²) in [5, 5.41) is 0. The fourth-order valence-corrected chi connectivity index (χ4v) is 1.91. The van der Waals surface area contributed by atoms with E-state index in [0.717, 1.165) is 4.47 Å². The van der Waals surface area contributed by atoms with Crippen LogP contribution < -0.4 is 15.2 Å². The van der Waals surface area contributed by atoms with Gasteiger partial charge in [0, 0.05) is 11.8 Å². The maximum Gasteiger partial charge on any atom is 0.325 e. The van der Waals surface area contributed by atoms with Crippen molar-refractivity contribution in [2.24, 2.45) is 0 Å². The fourth-order valence-electron chi connectivity index (χ4n) is 1.23. The van der Waals surface area contributed by atoms with Crippen molar-refractivity contribution in [1.29, 1.82) is 0 Å². The smallest absolute Gasteiger partial charge is 0.325 e. The lowest BCUT2D eigenvalue weighted by atomic mass is 10.3. The van der Waals surface area contributed by atoms with Gasteiger partial charge in [-0.25, -0.2) is 4.98 Å². The van der Waals surface area contributed by atoms with Gasteiger partial charge in [-0.15, -0.1) is 0 Å². The third-order valence-electron chi connectivity index (χ3n) is 2.04. The Morgan fingerprint density at radius 2 is 2.00 bits per heavy atom. The third-order valence-corrected chi connectivity index (χ3v) is 3.24. The van der Waals surface area contributed by atoms with Crippen molar-refractivity contribution in [2.45, 2.75) is 0 Å². The van der Waals surface area contributed by atoms with Gasteiger partial charge in [-0.2, -0.15) is 4.98 Å². The number of anilines is 1. The van der Waals surface area contributed by atoms with Gasteiger partial charge in [-0.1, -0.05) is 0 Å². The number of hydrogen-bond acceptors (Lipinski definition) is 5. The summed E-state index contributed by atoms with van der Waals surface area (Å²) in [5.41, 5.74) is 6.28. The summed E-state index contributed by atoms with van der Waals surface area (Å²) in [6, 6.07) is 5.42. The van der Waals surface area contributed by atoms with Crippen molar-refractivity contribution in [1.82, 2.24) is 9.97 Å².